The predicted molar refractivity (Wildman–Crippen MR) is 104 cm³/mol. The number of aliphatic carboxylic acids is 1. The quantitative estimate of drug-likeness (QED) is 0.738. The maximum atomic E-state index is 12.8. The van der Waals surface area contributed by atoms with Crippen molar-refractivity contribution >= 4 is 17.8 Å². The molecule has 3 heterocycles. The van der Waals surface area contributed by atoms with E-state index in [4.69, 9.17) is 9.90 Å². The van der Waals surface area contributed by atoms with Crippen LogP contribution in [0.25, 0.3) is 0 Å². The summed E-state index contributed by atoms with van der Waals surface area (Å²) in [5, 5.41) is 7.12. The summed E-state index contributed by atoms with van der Waals surface area (Å²) >= 11 is 0. The molecule has 0 unspecified atom stereocenters. The number of hydrogen-bond donors (Lipinski definition) is 1. The Morgan fingerprint density at radius 3 is 2.19 bits per heavy atom. The van der Waals surface area contributed by atoms with Crippen LogP contribution >= 0.6 is 0 Å². The number of rotatable bonds is 4. The second kappa shape index (κ2) is 9.67. The van der Waals surface area contributed by atoms with Crippen molar-refractivity contribution in [3.05, 3.63) is 18.2 Å². The van der Waals surface area contributed by atoms with Crippen LogP contribution in [0.1, 0.15) is 25.1 Å². The fourth-order valence-corrected chi connectivity index (χ4v) is 3.70. The van der Waals surface area contributed by atoms with Crippen molar-refractivity contribution in [1.29, 1.82) is 0 Å². The van der Waals surface area contributed by atoms with E-state index in [-0.39, 0.29) is 23.8 Å². The van der Waals surface area contributed by atoms with Gasteiger partial charge < -0.3 is 19.5 Å². The Balaban J connectivity index is 0.000000423. The number of hydrogen-bond acceptors (Lipinski definition) is 5. The highest BCUT2D eigenvalue weighted by Gasteiger charge is 2.48. The van der Waals surface area contributed by atoms with E-state index < -0.39 is 12.1 Å². The highest BCUT2D eigenvalue weighted by atomic mass is 19.4. The Bertz CT molecular complexity index is 801. The van der Waals surface area contributed by atoms with Gasteiger partial charge >= 0.3 is 12.1 Å². The van der Waals surface area contributed by atoms with Gasteiger partial charge in [0.15, 0.2) is 0 Å². The van der Waals surface area contributed by atoms with Crippen LogP contribution in [0.15, 0.2) is 12.4 Å². The lowest BCUT2D eigenvalue weighted by molar-refractivity contribution is -0.192. The molecule has 3 rings (SSSR count). The zero-order valence-corrected chi connectivity index (χ0v) is 17.9. The Morgan fingerprint density at radius 2 is 1.74 bits per heavy atom. The number of aryl methyl sites for hydroxylation is 1. The first-order valence-electron chi connectivity index (χ1n) is 9.84. The van der Waals surface area contributed by atoms with E-state index in [1.165, 1.54) is 0 Å². The molecule has 1 spiro atoms. The number of aromatic nitrogens is 2. The molecule has 0 aliphatic carbocycles. The van der Waals surface area contributed by atoms with Crippen molar-refractivity contribution in [1.82, 2.24) is 24.3 Å². The van der Waals surface area contributed by atoms with Crippen LogP contribution in [0.2, 0.25) is 0 Å². The molecule has 12 heteroatoms. The van der Waals surface area contributed by atoms with Gasteiger partial charge in [0, 0.05) is 40.1 Å². The molecule has 1 aromatic heterocycles. The predicted octanol–water partition coefficient (Wildman–Crippen LogP) is 0.956. The van der Waals surface area contributed by atoms with E-state index in [1.807, 2.05) is 24.0 Å². The molecule has 1 N–H and O–H groups in total. The normalized spacial score (nSPS) is 18.6. The number of halogens is 3. The number of carbonyl (C=O) groups excluding carboxylic acids is 2. The van der Waals surface area contributed by atoms with Crippen molar-refractivity contribution in [2.45, 2.75) is 32.0 Å². The van der Waals surface area contributed by atoms with Crippen molar-refractivity contribution in [3.63, 3.8) is 0 Å². The van der Waals surface area contributed by atoms with Crippen LogP contribution in [0, 0.1) is 5.41 Å². The monoisotopic (exact) mass is 447 g/mol. The number of nitrogens with zero attached hydrogens (tertiary/aromatic N) is 5. The lowest BCUT2D eigenvalue weighted by Gasteiger charge is -2.37. The second-order valence-electron chi connectivity index (χ2n) is 8.08. The molecule has 31 heavy (non-hydrogen) atoms. The van der Waals surface area contributed by atoms with Gasteiger partial charge in [0.05, 0.1) is 18.5 Å². The SMILES string of the molecule is CN(C)C(=O)CN1CCC2(CCN(Cc3nccn3C)CC2)C1=O.O=C(O)C(F)(F)F. The number of likely N-dealkylation sites (N-methyl/N-ethyl adjacent to an activating group) is 1. The lowest BCUT2D eigenvalue weighted by Crippen LogP contribution is -2.46. The molecular weight excluding hydrogens is 419 g/mol. The minimum absolute atomic E-state index is 0.00684. The average molecular weight is 447 g/mol. The van der Waals surface area contributed by atoms with E-state index in [9.17, 15) is 22.8 Å². The van der Waals surface area contributed by atoms with E-state index in [0.717, 1.165) is 44.7 Å². The first-order chi connectivity index (χ1) is 14.4. The van der Waals surface area contributed by atoms with E-state index >= 15 is 0 Å². The Morgan fingerprint density at radius 1 is 1.19 bits per heavy atom. The lowest BCUT2D eigenvalue weighted by atomic mass is 9.77. The first kappa shape index (κ1) is 24.6. The summed E-state index contributed by atoms with van der Waals surface area (Å²) in [5.41, 5.74) is -0.245. The molecule has 1 aromatic rings. The molecule has 2 saturated heterocycles. The van der Waals surface area contributed by atoms with E-state index in [1.54, 1.807) is 23.9 Å². The second-order valence-corrected chi connectivity index (χ2v) is 8.08. The average Bonchev–Trinajstić information content (AvgIpc) is 3.22. The molecule has 9 nitrogen and oxygen atoms in total. The van der Waals surface area contributed by atoms with Gasteiger partial charge in [0.1, 0.15) is 5.82 Å². The van der Waals surface area contributed by atoms with Crippen LogP contribution < -0.4 is 0 Å². The molecule has 0 saturated carbocycles. The highest BCUT2D eigenvalue weighted by Crippen LogP contribution is 2.41. The minimum Gasteiger partial charge on any atom is -0.475 e. The summed E-state index contributed by atoms with van der Waals surface area (Å²) in [6.07, 6.45) is 1.33. The summed E-state index contributed by atoms with van der Waals surface area (Å²) in [6.45, 7) is 3.57. The highest BCUT2D eigenvalue weighted by molar-refractivity contribution is 5.89. The third-order valence-corrected chi connectivity index (χ3v) is 5.77. The molecule has 2 amide bonds. The maximum Gasteiger partial charge on any atom is 0.490 e. The van der Waals surface area contributed by atoms with Gasteiger partial charge in [0.25, 0.3) is 0 Å². The molecule has 2 aliphatic rings. The molecule has 2 fully saturated rings. The largest absolute Gasteiger partial charge is 0.490 e. The Hall–Kier alpha value is -2.63. The van der Waals surface area contributed by atoms with Crippen LogP contribution in [-0.2, 0) is 28.0 Å². The van der Waals surface area contributed by atoms with Crippen LogP contribution in [0.5, 0.6) is 0 Å². The van der Waals surface area contributed by atoms with Crippen LogP contribution in [0.3, 0.4) is 0 Å². The topological polar surface area (TPSA) is 99.0 Å². The van der Waals surface area contributed by atoms with Crippen molar-refractivity contribution in [2.75, 3.05) is 40.3 Å². The summed E-state index contributed by atoms with van der Waals surface area (Å²) in [6, 6.07) is 0. The third-order valence-electron chi connectivity index (χ3n) is 5.77. The van der Waals surface area contributed by atoms with Crippen molar-refractivity contribution < 1.29 is 32.7 Å². The number of alkyl halides is 3. The number of likely N-dealkylation sites (tertiary alicyclic amines) is 2. The molecule has 0 aromatic carbocycles. The van der Waals surface area contributed by atoms with Gasteiger partial charge in [0.2, 0.25) is 11.8 Å². The fourth-order valence-electron chi connectivity index (χ4n) is 3.70. The summed E-state index contributed by atoms with van der Waals surface area (Å²) < 4.78 is 33.8. The number of piperidine rings is 1. The van der Waals surface area contributed by atoms with E-state index in [2.05, 4.69) is 9.88 Å². The van der Waals surface area contributed by atoms with Gasteiger partial charge in [-0.15, -0.1) is 0 Å². The number of carbonyl (C=O) groups is 3. The van der Waals surface area contributed by atoms with Crippen molar-refractivity contribution in [2.24, 2.45) is 12.5 Å². The molecule has 0 radical (unpaired) electrons. The van der Waals surface area contributed by atoms with Gasteiger partial charge in [-0.3, -0.25) is 14.5 Å². The molecule has 2 aliphatic heterocycles. The van der Waals surface area contributed by atoms with Gasteiger partial charge in [-0.25, -0.2) is 9.78 Å². The smallest absolute Gasteiger partial charge is 0.475 e. The molecule has 0 atom stereocenters. The van der Waals surface area contributed by atoms with Crippen LogP contribution in [0.4, 0.5) is 13.2 Å². The molecule has 174 valence electrons. The maximum absolute atomic E-state index is 12.8. The number of carboxylic acid groups (broad SMARTS) is 1. The fraction of sp³-hybridized carbons (Fsp3) is 0.684. The van der Waals surface area contributed by atoms with Gasteiger partial charge in [-0.2, -0.15) is 13.2 Å². The Kier molecular flexibility index (Phi) is 7.68. The van der Waals surface area contributed by atoms with Crippen molar-refractivity contribution in [3.8, 4) is 0 Å². The standard InChI is InChI=1S/C17H27N5O2.C2HF3O2/c1-19(2)15(23)13-22-10-6-17(16(22)24)4-8-21(9-5-17)12-14-18-7-11-20(14)3;3-2(4,5)1(6)7/h7,11H,4-6,8-10,12-13H2,1-3H3;(H,6,7). The zero-order chi connectivity index (χ0) is 23.4. The first-order valence-corrected chi connectivity index (χ1v) is 9.84. The summed E-state index contributed by atoms with van der Waals surface area (Å²) in [7, 11) is 5.47. The summed E-state index contributed by atoms with van der Waals surface area (Å²) in [5.74, 6) is -1.53. The zero-order valence-electron chi connectivity index (χ0n) is 17.9. The van der Waals surface area contributed by atoms with E-state index in [0.29, 0.717) is 6.54 Å². The number of amides is 2. The van der Waals surface area contributed by atoms with Crippen LogP contribution in [-0.4, -0.2) is 93.6 Å². The Labute approximate surface area is 178 Å². The third kappa shape index (κ3) is 6.18. The van der Waals surface area contributed by atoms with Gasteiger partial charge in [-0.05, 0) is 32.4 Å². The number of carboxylic acids is 1. The molecule has 0 bridgehead atoms. The van der Waals surface area contributed by atoms with Gasteiger partial charge in [-0.1, -0.05) is 0 Å². The summed E-state index contributed by atoms with van der Waals surface area (Å²) in [4.78, 5) is 43.7. The molecular formula is C19H28F3N5O4. The minimum atomic E-state index is -5.08. The number of imidazole rings is 1.